The molecule has 0 spiro atoms. The molecule has 0 amide bonds. The van der Waals surface area contributed by atoms with Gasteiger partial charge >= 0.3 is 0 Å². The third kappa shape index (κ3) is 5.75. The molecule has 1 fully saturated rings. The Kier molecular flexibility index (Phi) is 8.71. The molecule has 3 heterocycles. The van der Waals surface area contributed by atoms with Gasteiger partial charge in [0.2, 0.25) is 0 Å². The van der Waals surface area contributed by atoms with Crippen LogP contribution in [-0.4, -0.2) is 18.2 Å². The lowest BCUT2D eigenvalue weighted by Crippen LogP contribution is -2.54. The van der Waals surface area contributed by atoms with Crippen LogP contribution in [-0.2, 0) is 19.3 Å². The van der Waals surface area contributed by atoms with Crippen molar-refractivity contribution in [1.82, 2.24) is 10.6 Å². The first-order chi connectivity index (χ1) is 30.8. The predicted octanol–water partition coefficient (Wildman–Crippen LogP) is 13.0. The van der Waals surface area contributed by atoms with Crippen LogP contribution in [0.5, 0.6) is 0 Å². The summed E-state index contributed by atoms with van der Waals surface area (Å²) in [6, 6.07) is 42.0. The summed E-state index contributed by atoms with van der Waals surface area (Å²) >= 11 is 0. The molecule has 1 saturated heterocycles. The largest absolute Gasteiger partial charge is 0.369 e. The van der Waals surface area contributed by atoms with Crippen LogP contribution in [0.15, 0.2) is 163 Å². The van der Waals surface area contributed by atoms with Crippen LogP contribution in [0.1, 0.15) is 101 Å². The fourth-order valence-electron chi connectivity index (χ4n) is 12.9. The summed E-state index contributed by atoms with van der Waals surface area (Å²) in [5.41, 5.74) is 23.3. The SMILES string of the molecule is C1=CC(C2NC3=CC=C(c4cccc(N5c6ccccc6C6=CC7c8c9c(c%10c(c8N(c8ccccc8)C7CC65)C=CCC%10)CCCC9)c4)CC3C(c3ccccc3)N2)=CCC1. The molecule has 0 radical (unpaired) electrons. The Labute approximate surface area is 366 Å². The van der Waals surface area contributed by atoms with Gasteiger partial charge < -0.3 is 15.1 Å². The first-order valence-electron chi connectivity index (χ1n) is 23.5. The number of benzene rings is 5. The highest BCUT2D eigenvalue weighted by Gasteiger charge is 2.50. The lowest BCUT2D eigenvalue weighted by molar-refractivity contribution is 0.291. The van der Waals surface area contributed by atoms with E-state index in [-0.39, 0.29) is 18.2 Å². The molecule has 0 bridgehead atoms. The summed E-state index contributed by atoms with van der Waals surface area (Å²) in [4.78, 5) is 5.50. The number of allylic oxidation sites excluding steroid dienone is 6. The Morgan fingerprint density at radius 2 is 1.47 bits per heavy atom. The van der Waals surface area contributed by atoms with Gasteiger partial charge in [-0.15, -0.1) is 0 Å². The normalized spacial score (nSPS) is 26.3. The Morgan fingerprint density at radius 3 is 2.34 bits per heavy atom. The molecule has 6 atom stereocenters. The first kappa shape index (κ1) is 36.5. The van der Waals surface area contributed by atoms with Crippen LogP contribution < -0.4 is 20.4 Å². The fourth-order valence-corrected chi connectivity index (χ4v) is 12.9. The summed E-state index contributed by atoms with van der Waals surface area (Å²) in [5.74, 6) is 0.666. The third-order valence-electron chi connectivity index (χ3n) is 15.5. The molecule has 0 aromatic heterocycles. The number of hydrogen-bond acceptors (Lipinski definition) is 4. The van der Waals surface area contributed by atoms with Crippen molar-refractivity contribution in [3.8, 4) is 0 Å². The maximum absolute atomic E-state index is 4.06. The van der Waals surface area contributed by atoms with Gasteiger partial charge in [0.25, 0.3) is 0 Å². The van der Waals surface area contributed by atoms with Crippen LogP contribution >= 0.6 is 0 Å². The van der Waals surface area contributed by atoms with Gasteiger partial charge in [0.15, 0.2) is 0 Å². The average molecular weight is 807 g/mol. The maximum atomic E-state index is 4.06. The van der Waals surface area contributed by atoms with E-state index in [2.05, 4.69) is 178 Å². The van der Waals surface area contributed by atoms with E-state index in [4.69, 9.17) is 0 Å². The molecule has 4 heteroatoms. The third-order valence-corrected chi connectivity index (χ3v) is 15.5. The molecule has 6 unspecified atom stereocenters. The monoisotopic (exact) mass is 806 g/mol. The van der Waals surface area contributed by atoms with Crippen LogP contribution in [0.25, 0.3) is 17.2 Å². The summed E-state index contributed by atoms with van der Waals surface area (Å²) in [7, 11) is 0. The van der Waals surface area contributed by atoms with Crippen molar-refractivity contribution in [3.63, 3.8) is 0 Å². The summed E-state index contributed by atoms with van der Waals surface area (Å²) in [6.07, 6.45) is 31.2. The van der Waals surface area contributed by atoms with E-state index in [1.807, 2.05) is 0 Å². The zero-order valence-corrected chi connectivity index (χ0v) is 35.4. The molecule has 5 aromatic carbocycles. The van der Waals surface area contributed by atoms with E-state index in [9.17, 15) is 0 Å². The quantitative estimate of drug-likeness (QED) is 0.185. The van der Waals surface area contributed by atoms with E-state index >= 15 is 0 Å². The number of fused-ring (bicyclic) bond motifs is 12. The number of rotatable bonds is 5. The minimum atomic E-state index is 0.0999. The van der Waals surface area contributed by atoms with E-state index in [0.29, 0.717) is 17.9 Å². The second-order valence-electron chi connectivity index (χ2n) is 18.8. The van der Waals surface area contributed by atoms with Crippen molar-refractivity contribution in [2.75, 3.05) is 9.80 Å². The van der Waals surface area contributed by atoms with Crippen molar-refractivity contribution in [2.45, 2.75) is 94.4 Å². The average Bonchev–Trinajstić information content (AvgIpc) is 3.86. The topological polar surface area (TPSA) is 30.5 Å². The first-order valence-corrected chi connectivity index (χ1v) is 23.5. The molecule has 8 aliphatic rings. The van der Waals surface area contributed by atoms with Crippen molar-refractivity contribution in [1.29, 1.82) is 0 Å². The summed E-state index contributed by atoms with van der Waals surface area (Å²) in [6.45, 7) is 0. The molecular formula is C58H54N4. The molecule has 2 N–H and O–H groups in total. The minimum Gasteiger partial charge on any atom is -0.369 e. The van der Waals surface area contributed by atoms with Crippen molar-refractivity contribution >= 4 is 40.0 Å². The van der Waals surface area contributed by atoms with Crippen molar-refractivity contribution in [3.05, 3.63) is 208 Å². The van der Waals surface area contributed by atoms with Gasteiger partial charge in [-0.3, -0.25) is 5.32 Å². The lowest BCUT2D eigenvalue weighted by atomic mass is 9.74. The van der Waals surface area contributed by atoms with Gasteiger partial charge in [-0.2, -0.15) is 0 Å². The molecule has 0 saturated carbocycles. The number of para-hydroxylation sites is 2. The highest BCUT2D eigenvalue weighted by atomic mass is 15.2. The number of anilines is 4. The molecule has 5 aromatic rings. The zero-order chi connectivity index (χ0) is 40.7. The molecule has 5 aliphatic carbocycles. The van der Waals surface area contributed by atoms with E-state index < -0.39 is 0 Å². The zero-order valence-electron chi connectivity index (χ0n) is 35.4. The number of hydrogen-bond donors (Lipinski definition) is 2. The van der Waals surface area contributed by atoms with Crippen LogP contribution in [0, 0.1) is 5.92 Å². The second-order valence-corrected chi connectivity index (χ2v) is 18.8. The van der Waals surface area contributed by atoms with Gasteiger partial charge in [0, 0.05) is 57.8 Å². The van der Waals surface area contributed by atoms with Crippen molar-refractivity contribution in [2.24, 2.45) is 5.92 Å². The Bertz CT molecular complexity index is 2800. The molecule has 13 rings (SSSR count). The van der Waals surface area contributed by atoms with Crippen LogP contribution in [0.4, 0.5) is 22.7 Å². The highest BCUT2D eigenvalue weighted by Crippen LogP contribution is 2.60. The molecule has 306 valence electrons. The molecule has 3 aliphatic heterocycles. The fraction of sp³-hybridized carbons (Fsp3) is 0.276. The van der Waals surface area contributed by atoms with Gasteiger partial charge in [-0.25, -0.2) is 0 Å². The predicted molar refractivity (Wildman–Crippen MR) is 257 cm³/mol. The highest BCUT2D eigenvalue weighted by molar-refractivity contribution is 5.96. The van der Waals surface area contributed by atoms with Gasteiger partial charge in [0.05, 0.1) is 11.7 Å². The summed E-state index contributed by atoms with van der Waals surface area (Å²) in [5, 5.41) is 7.99. The number of nitrogens with one attached hydrogen (secondary N) is 2. The standard InChI is InChI=1S/C58H54N4/c1-4-17-37(18-5-1)56-49-34-40(31-32-51(49)59-58(60-56)38-19-6-2-7-20-38)39-21-16-24-42(33-39)61-52-30-15-14-27-45(52)48-35-50-54(36-53(48)61)62(41-22-8-3-9-23-41)57-47-29-13-11-26-44(47)43-25-10-12-28-46(43)55(50)57/h1,3-6,8-9,13-24,27,29-33,35,49-50,53-54,56,58-60H,2,7,10-12,25-26,28,34,36H2. The molecule has 62 heavy (non-hydrogen) atoms. The lowest BCUT2D eigenvalue weighted by Gasteiger charge is -2.43. The van der Waals surface area contributed by atoms with E-state index in [0.717, 1.165) is 32.1 Å². The summed E-state index contributed by atoms with van der Waals surface area (Å²) < 4.78 is 0. The van der Waals surface area contributed by atoms with Crippen molar-refractivity contribution < 1.29 is 0 Å². The van der Waals surface area contributed by atoms with Gasteiger partial charge in [-0.05, 0) is 151 Å². The Hall–Kier alpha value is -6.10. The van der Waals surface area contributed by atoms with Crippen LogP contribution in [0.2, 0.25) is 0 Å². The van der Waals surface area contributed by atoms with Gasteiger partial charge in [-0.1, -0.05) is 121 Å². The Morgan fingerprint density at radius 1 is 0.661 bits per heavy atom. The number of nitrogens with zero attached hydrogens (tertiary/aromatic N) is 2. The second kappa shape index (κ2) is 14.8. The smallest absolute Gasteiger partial charge is 0.103 e. The van der Waals surface area contributed by atoms with E-state index in [1.54, 1.807) is 22.3 Å². The van der Waals surface area contributed by atoms with Gasteiger partial charge in [0.1, 0.15) is 6.17 Å². The maximum Gasteiger partial charge on any atom is 0.103 e. The molecule has 4 nitrogen and oxygen atoms in total. The Balaban J connectivity index is 0.893. The van der Waals surface area contributed by atoms with E-state index in [1.165, 1.54) is 99.5 Å². The molecular weight excluding hydrogens is 753 g/mol. The minimum absolute atomic E-state index is 0.0999. The van der Waals surface area contributed by atoms with Crippen LogP contribution in [0.3, 0.4) is 0 Å².